The van der Waals surface area contributed by atoms with Crippen molar-refractivity contribution in [3.05, 3.63) is 59.9 Å². The van der Waals surface area contributed by atoms with Crippen LogP contribution >= 0.6 is 0 Å². The lowest BCUT2D eigenvalue weighted by molar-refractivity contribution is -0.684. The van der Waals surface area contributed by atoms with Crippen LogP contribution in [-0.2, 0) is 11.3 Å². The number of hydrogen-bond acceptors (Lipinski definition) is 1. The third kappa shape index (κ3) is 3.42. The lowest BCUT2D eigenvalue weighted by atomic mass is 10.2. The van der Waals surface area contributed by atoms with Crippen LogP contribution in [0.3, 0.4) is 0 Å². The topological polar surface area (TPSA) is 33.0 Å². The summed E-state index contributed by atoms with van der Waals surface area (Å²) in [5.74, 6) is -0.0174. The molecular weight excluding hydrogens is 224 g/mol. The quantitative estimate of drug-likeness (QED) is 0.821. The van der Waals surface area contributed by atoms with Gasteiger partial charge in [-0.2, -0.15) is 4.57 Å². The van der Waals surface area contributed by atoms with Crippen LogP contribution in [0.15, 0.2) is 48.8 Å². The standard InChI is InChI=1S/C15H16N2O/c1-12-5-3-7-14(9-12)16-15(18)11-17-8-4-6-13(2)10-17/h3-10H,11H2,1-2H3/p+1. The van der Waals surface area contributed by atoms with Crippen LogP contribution in [0.1, 0.15) is 11.1 Å². The summed E-state index contributed by atoms with van der Waals surface area (Å²) >= 11 is 0. The van der Waals surface area contributed by atoms with Crippen LogP contribution in [0.5, 0.6) is 0 Å². The number of aryl methyl sites for hydroxylation is 2. The molecule has 1 amide bonds. The number of benzene rings is 1. The predicted octanol–water partition coefficient (Wildman–Crippen LogP) is 2.23. The van der Waals surface area contributed by atoms with E-state index in [1.165, 1.54) is 0 Å². The van der Waals surface area contributed by atoms with Crippen LogP contribution < -0.4 is 9.88 Å². The van der Waals surface area contributed by atoms with Crippen molar-refractivity contribution in [3.63, 3.8) is 0 Å². The minimum Gasteiger partial charge on any atom is -0.321 e. The van der Waals surface area contributed by atoms with Gasteiger partial charge in [0.05, 0.1) is 0 Å². The molecule has 18 heavy (non-hydrogen) atoms. The van der Waals surface area contributed by atoms with Crippen LogP contribution in [0.25, 0.3) is 0 Å². The highest BCUT2D eigenvalue weighted by molar-refractivity contribution is 5.89. The van der Waals surface area contributed by atoms with Crippen molar-refractivity contribution in [1.29, 1.82) is 0 Å². The van der Waals surface area contributed by atoms with Gasteiger partial charge in [-0.25, -0.2) is 0 Å². The van der Waals surface area contributed by atoms with E-state index < -0.39 is 0 Å². The lowest BCUT2D eigenvalue weighted by Crippen LogP contribution is -2.39. The van der Waals surface area contributed by atoms with Crippen LogP contribution in [0, 0.1) is 13.8 Å². The Morgan fingerprint density at radius 1 is 1.17 bits per heavy atom. The maximum absolute atomic E-state index is 11.9. The highest BCUT2D eigenvalue weighted by atomic mass is 16.1. The SMILES string of the molecule is Cc1cccc(NC(=O)C[n+]2cccc(C)c2)c1. The minimum absolute atomic E-state index is 0.0174. The van der Waals surface area contributed by atoms with Crippen molar-refractivity contribution in [3.8, 4) is 0 Å². The van der Waals surface area contributed by atoms with Crippen LogP contribution in [0.2, 0.25) is 0 Å². The summed E-state index contributed by atoms with van der Waals surface area (Å²) in [6, 6.07) is 11.7. The fourth-order valence-electron chi connectivity index (χ4n) is 1.84. The lowest BCUT2D eigenvalue weighted by Gasteiger charge is -2.04. The molecule has 0 saturated heterocycles. The molecule has 3 nitrogen and oxygen atoms in total. The summed E-state index contributed by atoms with van der Waals surface area (Å²) in [4.78, 5) is 11.9. The zero-order valence-electron chi connectivity index (χ0n) is 10.7. The molecule has 0 radical (unpaired) electrons. The molecule has 0 fully saturated rings. The molecule has 0 saturated carbocycles. The Hall–Kier alpha value is -2.16. The summed E-state index contributed by atoms with van der Waals surface area (Å²) in [6.07, 6.45) is 3.85. The number of rotatable bonds is 3. The predicted molar refractivity (Wildman–Crippen MR) is 71.2 cm³/mol. The van der Waals surface area contributed by atoms with Gasteiger partial charge in [0.2, 0.25) is 6.54 Å². The Bertz CT molecular complexity index is 514. The van der Waals surface area contributed by atoms with E-state index in [0.29, 0.717) is 6.54 Å². The molecule has 3 heteroatoms. The normalized spacial score (nSPS) is 10.1. The second-order valence-electron chi connectivity index (χ2n) is 4.47. The number of nitrogens with one attached hydrogen (secondary N) is 1. The summed E-state index contributed by atoms with van der Waals surface area (Å²) in [5, 5.41) is 2.89. The van der Waals surface area contributed by atoms with E-state index in [2.05, 4.69) is 5.32 Å². The number of anilines is 1. The zero-order valence-corrected chi connectivity index (χ0v) is 10.7. The molecule has 0 aliphatic rings. The number of nitrogens with zero attached hydrogens (tertiary/aromatic N) is 1. The average molecular weight is 241 g/mol. The molecule has 2 aromatic rings. The number of carbonyl (C=O) groups excluding carboxylic acids is 1. The first-order valence-corrected chi connectivity index (χ1v) is 5.96. The molecule has 1 N–H and O–H groups in total. The van der Waals surface area contributed by atoms with Gasteiger partial charge in [0.1, 0.15) is 0 Å². The molecule has 0 aliphatic heterocycles. The second-order valence-corrected chi connectivity index (χ2v) is 4.47. The van der Waals surface area contributed by atoms with Crippen molar-refractivity contribution in [2.24, 2.45) is 0 Å². The van der Waals surface area contributed by atoms with E-state index in [1.807, 2.05) is 67.2 Å². The Labute approximate surface area is 107 Å². The largest absolute Gasteiger partial charge is 0.321 e. The third-order valence-corrected chi connectivity index (χ3v) is 2.63. The minimum atomic E-state index is -0.0174. The van der Waals surface area contributed by atoms with Crippen molar-refractivity contribution < 1.29 is 9.36 Å². The Balaban J connectivity index is 2.01. The van der Waals surface area contributed by atoms with Crippen LogP contribution in [-0.4, -0.2) is 5.91 Å². The molecule has 92 valence electrons. The van der Waals surface area contributed by atoms with Gasteiger partial charge in [0, 0.05) is 17.3 Å². The number of amides is 1. The number of aromatic nitrogens is 1. The van der Waals surface area contributed by atoms with Gasteiger partial charge in [-0.3, -0.25) is 4.79 Å². The monoisotopic (exact) mass is 241 g/mol. The van der Waals surface area contributed by atoms with Gasteiger partial charge in [-0.1, -0.05) is 12.1 Å². The van der Waals surface area contributed by atoms with Crippen molar-refractivity contribution in [2.75, 3.05) is 5.32 Å². The average Bonchev–Trinajstić information content (AvgIpc) is 2.28. The fraction of sp³-hybridized carbons (Fsp3) is 0.200. The number of carbonyl (C=O) groups is 1. The number of pyridine rings is 1. The van der Waals surface area contributed by atoms with Gasteiger partial charge in [0.15, 0.2) is 12.4 Å². The van der Waals surface area contributed by atoms with Crippen molar-refractivity contribution in [1.82, 2.24) is 0 Å². The zero-order chi connectivity index (χ0) is 13.0. The van der Waals surface area contributed by atoms with E-state index in [0.717, 1.165) is 16.8 Å². The van der Waals surface area contributed by atoms with Crippen molar-refractivity contribution >= 4 is 11.6 Å². The van der Waals surface area contributed by atoms with E-state index in [1.54, 1.807) is 0 Å². The van der Waals surface area contributed by atoms with E-state index in [9.17, 15) is 4.79 Å². The molecule has 1 aromatic heterocycles. The number of hydrogen-bond donors (Lipinski definition) is 1. The van der Waals surface area contributed by atoms with Gasteiger partial charge in [0.25, 0.3) is 5.91 Å². The Morgan fingerprint density at radius 3 is 2.67 bits per heavy atom. The molecule has 1 heterocycles. The molecular formula is C15H17N2O+. The van der Waals surface area contributed by atoms with E-state index in [-0.39, 0.29) is 5.91 Å². The molecule has 0 spiro atoms. The molecule has 0 bridgehead atoms. The molecule has 2 rings (SSSR count). The highest BCUT2D eigenvalue weighted by Gasteiger charge is 2.09. The van der Waals surface area contributed by atoms with Gasteiger partial charge < -0.3 is 5.32 Å². The second kappa shape index (κ2) is 5.45. The molecule has 0 aliphatic carbocycles. The summed E-state index contributed by atoms with van der Waals surface area (Å²) in [6.45, 7) is 4.34. The van der Waals surface area contributed by atoms with Gasteiger partial charge in [-0.15, -0.1) is 0 Å². The maximum Gasteiger partial charge on any atom is 0.290 e. The molecule has 0 atom stereocenters. The first kappa shape index (κ1) is 12.3. The third-order valence-electron chi connectivity index (χ3n) is 2.63. The Morgan fingerprint density at radius 2 is 1.94 bits per heavy atom. The summed E-state index contributed by atoms with van der Waals surface area (Å²) in [7, 11) is 0. The Kier molecular flexibility index (Phi) is 3.72. The van der Waals surface area contributed by atoms with Gasteiger partial charge >= 0.3 is 0 Å². The molecule has 0 unspecified atom stereocenters. The van der Waals surface area contributed by atoms with Crippen molar-refractivity contribution in [2.45, 2.75) is 20.4 Å². The maximum atomic E-state index is 11.9. The summed E-state index contributed by atoms with van der Waals surface area (Å²) in [5.41, 5.74) is 3.12. The van der Waals surface area contributed by atoms with Gasteiger partial charge in [-0.05, 0) is 37.6 Å². The fourth-order valence-corrected chi connectivity index (χ4v) is 1.84. The van der Waals surface area contributed by atoms with Crippen LogP contribution in [0.4, 0.5) is 5.69 Å². The first-order chi connectivity index (χ1) is 8.63. The molecule has 1 aromatic carbocycles. The summed E-state index contributed by atoms with van der Waals surface area (Å²) < 4.78 is 1.88. The van der Waals surface area contributed by atoms with E-state index in [4.69, 9.17) is 0 Å². The van der Waals surface area contributed by atoms with E-state index >= 15 is 0 Å². The smallest absolute Gasteiger partial charge is 0.290 e. The highest BCUT2D eigenvalue weighted by Crippen LogP contribution is 2.08. The first-order valence-electron chi connectivity index (χ1n) is 5.96.